The SMILES string of the molecule is CN(CC(=O)Nc1cccnc1Cl)CC(C)(C)CN. The van der Waals surface area contributed by atoms with Crippen molar-refractivity contribution in [3.63, 3.8) is 0 Å². The fourth-order valence-electron chi connectivity index (χ4n) is 1.77. The summed E-state index contributed by atoms with van der Waals surface area (Å²) in [4.78, 5) is 17.7. The number of halogens is 1. The molecule has 1 aromatic rings. The topological polar surface area (TPSA) is 71.2 Å². The predicted octanol–water partition coefficient (Wildman–Crippen LogP) is 1.59. The number of likely N-dealkylation sites (N-methyl/N-ethyl adjacent to an activating group) is 1. The van der Waals surface area contributed by atoms with Crippen LogP contribution in [0, 0.1) is 5.41 Å². The van der Waals surface area contributed by atoms with Crippen molar-refractivity contribution in [1.82, 2.24) is 9.88 Å². The molecule has 5 nitrogen and oxygen atoms in total. The van der Waals surface area contributed by atoms with Gasteiger partial charge in [-0.25, -0.2) is 4.98 Å². The van der Waals surface area contributed by atoms with E-state index in [-0.39, 0.29) is 17.9 Å². The van der Waals surface area contributed by atoms with Crippen LogP contribution in [0.1, 0.15) is 13.8 Å². The van der Waals surface area contributed by atoms with Gasteiger partial charge in [0.2, 0.25) is 5.91 Å². The monoisotopic (exact) mass is 284 g/mol. The van der Waals surface area contributed by atoms with Crippen LogP contribution < -0.4 is 11.1 Å². The summed E-state index contributed by atoms with van der Waals surface area (Å²) in [7, 11) is 1.89. The van der Waals surface area contributed by atoms with Gasteiger partial charge in [-0.1, -0.05) is 25.4 Å². The lowest BCUT2D eigenvalue weighted by Gasteiger charge is -2.28. The van der Waals surface area contributed by atoms with Crippen LogP contribution in [0.25, 0.3) is 0 Å². The number of nitrogens with two attached hydrogens (primary N) is 1. The van der Waals surface area contributed by atoms with E-state index in [0.29, 0.717) is 17.4 Å². The molecule has 0 atom stereocenters. The van der Waals surface area contributed by atoms with Gasteiger partial charge in [0.1, 0.15) is 0 Å². The number of anilines is 1. The van der Waals surface area contributed by atoms with Gasteiger partial charge in [-0.05, 0) is 31.1 Å². The molecule has 0 aliphatic heterocycles. The van der Waals surface area contributed by atoms with E-state index in [4.69, 9.17) is 17.3 Å². The van der Waals surface area contributed by atoms with Crippen LogP contribution >= 0.6 is 11.6 Å². The van der Waals surface area contributed by atoms with Crippen molar-refractivity contribution in [1.29, 1.82) is 0 Å². The Morgan fingerprint density at radius 3 is 2.84 bits per heavy atom. The highest BCUT2D eigenvalue weighted by atomic mass is 35.5. The zero-order chi connectivity index (χ0) is 14.5. The lowest BCUT2D eigenvalue weighted by atomic mass is 9.93. The maximum atomic E-state index is 11.9. The molecule has 3 N–H and O–H groups in total. The maximum Gasteiger partial charge on any atom is 0.238 e. The minimum atomic E-state index is -0.120. The number of aromatic nitrogens is 1. The third-order valence-corrected chi connectivity index (χ3v) is 3.00. The molecule has 19 heavy (non-hydrogen) atoms. The van der Waals surface area contributed by atoms with Gasteiger partial charge in [-0.2, -0.15) is 0 Å². The molecule has 0 bridgehead atoms. The Labute approximate surface area is 119 Å². The highest BCUT2D eigenvalue weighted by Gasteiger charge is 2.19. The smallest absolute Gasteiger partial charge is 0.238 e. The molecule has 0 aliphatic rings. The first kappa shape index (κ1) is 15.9. The van der Waals surface area contributed by atoms with E-state index < -0.39 is 0 Å². The number of amides is 1. The van der Waals surface area contributed by atoms with Crippen LogP contribution in [-0.2, 0) is 4.79 Å². The third kappa shape index (κ3) is 5.55. The van der Waals surface area contributed by atoms with E-state index in [0.717, 1.165) is 6.54 Å². The molecule has 0 saturated heterocycles. The molecule has 0 aliphatic carbocycles. The summed E-state index contributed by atoms with van der Waals surface area (Å²) < 4.78 is 0. The molecule has 106 valence electrons. The Balaban J connectivity index is 2.50. The van der Waals surface area contributed by atoms with Crippen molar-refractivity contribution >= 4 is 23.2 Å². The number of carbonyl (C=O) groups is 1. The van der Waals surface area contributed by atoms with E-state index in [1.165, 1.54) is 0 Å². The molecule has 0 unspecified atom stereocenters. The number of carbonyl (C=O) groups excluding carboxylic acids is 1. The van der Waals surface area contributed by atoms with Crippen LogP contribution in [0.5, 0.6) is 0 Å². The van der Waals surface area contributed by atoms with Crippen LogP contribution in [-0.4, -0.2) is 42.5 Å². The first-order chi connectivity index (χ1) is 8.84. The molecule has 1 aromatic heterocycles. The van der Waals surface area contributed by atoms with Crippen LogP contribution in [0.4, 0.5) is 5.69 Å². The van der Waals surface area contributed by atoms with Gasteiger partial charge in [0.15, 0.2) is 5.15 Å². The molecule has 0 aromatic carbocycles. The van der Waals surface area contributed by atoms with Gasteiger partial charge in [0.25, 0.3) is 0 Å². The summed E-state index contributed by atoms with van der Waals surface area (Å²) in [6.45, 7) is 5.75. The molecule has 0 radical (unpaired) electrons. The molecule has 1 heterocycles. The number of pyridine rings is 1. The number of hydrogen-bond donors (Lipinski definition) is 2. The summed E-state index contributed by atoms with van der Waals surface area (Å²) in [6, 6.07) is 3.44. The Hall–Kier alpha value is -1.17. The largest absolute Gasteiger partial charge is 0.330 e. The van der Waals surface area contributed by atoms with Crippen LogP contribution in [0.2, 0.25) is 5.15 Å². The zero-order valence-electron chi connectivity index (χ0n) is 11.6. The molecule has 0 fully saturated rings. The van der Waals surface area contributed by atoms with E-state index in [2.05, 4.69) is 24.1 Å². The predicted molar refractivity (Wildman–Crippen MR) is 78.2 cm³/mol. The molecule has 0 spiro atoms. The number of nitrogens with zero attached hydrogens (tertiary/aromatic N) is 2. The van der Waals surface area contributed by atoms with Crippen molar-refractivity contribution in [2.75, 3.05) is 32.0 Å². The minimum Gasteiger partial charge on any atom is -0.330 e. The van der Waals surface area contributed by atoms with Crippen molar-refractivity contribution in [3.8, 4) is 0 Å². The lowest BCUT2D eigenvalue weighted by Crippen LogP contribution is -2.40. The number of rotatable bonds is 6. The molecule has 0 saturated carbocycles. The van der Waals surface area contributed by atoms with Gasteiger partial charge < -0.3 is 11.1 Å². The van der Waals surface area contributed by atoms with Gasteiger partial charge in [-0.15, -0.1) is 0 Å². The highest BCUT2D eigenvalue weighted by molar-refractivity contribution is 6.32. The van der Waals surface area contributed by atoms with E-state index in [9.17, 15) is 4.79 Å². The Kier molecular flexibility index (Phi) is 5.72. The Morgan fingerprint density at radius 1 is 1.58 bits per heavy atom. The van der Waals surface area contributed by atoms with Crippen molar-refractivity contribution in [2.45, 2.75) is 13.8 Å². The van der Waals surface area contributed by atoms with E-state index in [1.807, 2.05) is 11.9 Å². The van der Waals surface area contributed by atoms with E-state index >= 15 is 0 Å². The Morgan fingerprint density at radius 2 is 2.26 bits per heavy atom. The standard InChI is InChI=1S/C13H21ClN4O/c1-13(2,8-15)9-18(3)7-11(19)17-10-5-4-6-16-12(10)14/h4-6H,7-9,15H2,1-3H3,(H,17,19). The summed E-state index contributed by atoms with van der Waals surface area (Å²) in [5.41, 5.74) is 6.19. The summed E-state index contributed by atoms with van der Waals surface area (Å²) >= 11 is 5.88. The van der Waals surface area contributed by atoms with Crippen LogP contribution in [0.15, 0.2) is 18.3 Å². The van der Waals surface area contributed by atoms with Gasteiger partial charge in [0, 0.05) is 12.7 Å². The van der Waals surface area contributed by atoms with Gasteiger partial charge >= 0.3 is 0 Å². The number of nitrogens with one attached hydrogen (secondary N) is 1. The second-order valence-electron chi connectivity index (χ2n) is 5.43. The summed E-state index contributed by atoms with van der Waals surface area (Å²) in [5, 5.41) is 3.03. The second kappa shape index (κ2) is 6.84. The first-order valence-corrected chi connectivity index (χ1v) is 6.51. The average molecular weight is 285 g/mol. The molecular formula is C13H21ClN4O. The van der Waals surface area contributed by atoms with E-state index in [1.54, 1.807) is 18.3 Å². The van der Waals surface area contributed by atoms with Crippen molar-refractivity contribution < 1.29 is 4.79 Å². The van der Waals surface area contributed by atoms with Crippen molar-refractivity contribution in [2.24, 2.45) is 11.1 Å². The summed E-state index contributed by atoms with van der Waals surface area (Å²) in [5.74, 6) is -0.120. The highest BCUT2D eigenvalue weighted by Crippen LogP contribution is 2.17. The number of hydrogen-bond acceptors (Lipinski definition) is 4. The second-order valence-corrected chi connectivity index (χ2v) is 5.79. The van der Waals surface area contributed by atoms with Gasteiger partial charge in [0.05, 0.1) is 12.2 Å². The average Bonchev–Trinajstić information content (AvgIpc) is 2.31. The first-order valence-electron chi connectivity index (χ1n) is 6.13. The normalized spacial score (nSPS) is 11.7. The third-order valence-electron chi connectivity index (χ3n) is 2.70. The van der Waals surface area contributed by atoms with Gasteiger partial charge in [-0.3, -0.25) is 9.69 Å². The Bertz CT molecular complexity index is 436. The maximum absolute atomic E-state index is 11.9. The zero-order valence-corrected chi connectivity index (χ0v) is 12.4. The quantitative estimate of drug-likeness (QED) is 0.778. The lowest BCUT2D eigenvalue weighted by molar-refractivity contribution is -0.117. The summed E-state index contributed by atoms with van der Waals surface area (Å²) in [6.07, 6.45) is 1.58. The fourth-order valence-corrected chi connectivity index (χ4v) is 1.93. The molecule has 1 amide bonds. The fraction of sp³-hybridized carbons (Fsp3) is 0.538. The molecule has 6 heteroatoms. The molecular weight excluding hydrogens is 264 g/mol. The van der Waals surface area contributed by atoms with Crippen molar-refractivity contribution in [3.05, 3.63) is 23.5 Å². The minimum absolute atomic E-state index is 0.0129. The van der Waals surface area contributed by atoms with Crippen LogP contribution in [0.3, 0.4) is 0 Å². The molecule has 1 rings (SSSR count).